The second-order valence-electron chi connectivity index (χ2n) is 3.80. The summed E-state index contributed by atoms with van der Waals surface area (Å²) in [4.78, 5) is 4.31. The fraction of sp³-hybridized carbons (Fsp3) is 0.0769. The Labute approximate surface area is 110 Å². The monoisotopic (exact) mass is 261 g/mol. The molecule has 0 saturated carbocycles. The molecular formula is C13H12FN3S. The molecule has 0 aliphatic heterocycles. The lowest BCUT2D eigenvalue weighted by molar-refractivity contribution is 0.619. The number of nitrogens with two attached hydrogens (primary N) is 1. The normalized spacial score (nSPS) is 10.1. The van der Waals surface area contributed by atoms with Crippen molar-refractivity contribution in [1.82, 2.24) is 4.98 Å². The molecule has 2 rings (SSSR count). The number of benzene rings is 1. The van der Waals surface area contributed by atoms with E-state index in [4.69, 9.17) is 18.0 Å². The van der Waals surface area contributed by atoms with Gasteiger partial charge in [0.05, 0.1) is 5.69 Å². The number of nitrogens with zero attached hydrogens (tertiary/aromatic N) is 1. The van der Waals surface area contributed by atoms with Gasteiger partial charge < -0.3 is 11.1 Å². The van der Waals surface area contributed by atoms with Gasteiger partial charge in [0.1, 0.15) is 16.5 Å². The van der Waals surface area contributed by atoms with Gasteiger partial charge in [0, 0.05) is 17.4 Å². The minimum absolute atomic E-state index is 0.201. The highest BCUT2D eigenvalue weighted by molar-refractivity contribution is 7.80. The van der Waals surface area contributed by atoms with Crippen LogP contribution < -0.4 is 11.1 Å². The van der Waals surface area contributed by atoms with Crippen LogP contribution in [0.5, 0.6) is 0 Å². The Balaban J connectivity index is 2.40. The Morgan fingerprint density at radius 1 is 1.28 bits per heavy atom. The van der Waals surface area contributed by atoms with Gasteiger partial charge in [0.2, 0.25) is 0 Å². The van der Waals surface area contributed by atoms with Gasteiger partial charge in [-0.15, -0.1) is 0 Å². The molecule has 0 spiro atoms. The number of rotatable bonds is 3. The molecule has 0 fully saturated rings. The topological polar surface area (TPSA) is 50.9 Å². The molecule has 1 heterocycles. The number of hydrogen-bond donors (Lipinski definition) is 2. The summed E-state index contributed by atoms with van der Waals surface area (Å²) < 4.78 is 13.4. The first kappa shape index (κ1) is 12.4. The molecule has 1 aromatic heterocycles. The first-order chi connectivity index (χ1) is 8.59. The number of thiocarbonyl (C=S) groups is 1. The van der Waals surface area contributed by atoms with Gasteiger partial charge in [-0.3, -0.25) is 4.98 Å². The average Bonchev–Trinajstić information content (AvgIpc) is 2.35. The summed E-state index contributed by atoms with van der Waals surface area (Å²) >= 11 is 4.93. The van der Waals surface area contributed by atoms with Gasteiger partial charge in [0.15, 0.2) is 0 Å². The number of anilines is 2. The molecule has 0 unspecified atom stereocenters. The van der Waals surface area contributed by atoms with Gasteiger partial charge >= 0.3 is 0 Å². The molecule has 0 saturated heterocycles. The van der Waals surface area contributed by atoms with Crippen molar-refractivity contribution in [3.05, 3.63) is 53.6 Å². The quantitative estimate of drug-likeness (QED) is 0.834. The van der Waals surface area contributed by atoms with E-state index in [2.05, 4.69) is 10.3 Å². The van der Waals surface area contributed by atoms with E-state index in [0.29, 0.717) is 22.6 Å². The molecule has 18 heavy (non-hydrogen) atoms. The highest BCUT2D eigenvalue weighted by Crippen LogP contribution is 2.23. The molecule has 0 bridgehead atoms. The Hall–Kier alpha value is -2.01. The van der Waals surface area contributed by atoms with Gasteiger partial charge in [-0.25, -0.2) is 4.39 Å². The van der Waals surface area contributed by atoms with Crippen LogP contribution in [0.1, 0.15) is 11.3 Å². The van der Waals surface area contributed by atoms with Crippen LogP contribution in [0.4, 0.5) is 15.8 Å². The molecule has 5 heteroatoms. The summed E-state index contributed by atoms with van der Waals surface area (Å²) in [6.07, 6.45) is 1.61. The number of hydrogen-bond acceptors (Lipinski definition) is 3. The maximum atomic E-state index is 13.4. The van der Waals surface area contributed by atoms with E-state index < -0.39 is 0 Å². The van der Waals surface area contributed by atoms with Gasteiger partial charge in [0.25, 0.3) is 0 Å². The fourth-order valence-corrected chi connectivity index (χ4v) is 1.75. The van der Waals surface area contributed by atoms with Crippen LogP contribution in [0.15, 0.2) is 36.5 Å². The predicted molar refractivity (Wildman–Crippen MR) is 74.5 cm³/mol. The Bertz CT molecular complexity index is 599. The van der Waals surface area contributed by atoms with Crippen LogP contribution in [-0.4, -0.2) is 9.97 Å². The molecule has 0 radical (unpaired) electrons. The van der Waals surface area contributed by atoms with Crippen LogP contribution in [0.2, 0.25) is 0 Å². The minimum Gasteiger partial charge on any atom is -0.388 e. The summed E-state index contributed by atoms with van der Waals surface area (Å²) in [6, 6.07) is 8.40. The van der Waals surface area contributed by atoms with Crippen molar-refractivity contribution < 1.29 is 4.39 Å². The Kier molecular flexibility index (Phi) is 3.53. The van der Waals surface area contributed by atoms with Crippen molar-refractivity contribution in [2.24, 2.45) is 5.73 Å². The van der Waals surface area contributed by atoms with Crippen molar-refractivity contribution in [1.29, 1.82) is 0 Å². The van der Waals surface area contributed by atoms with E-state index in [-0.39, 0.29) is 10.8 Å². The standard InChI is InChI=1S/C13H12FN3S/c1-8-9(14)4-2-5-10(8)17-11-6-3-7-16-12(11)13(15)18/h2-7,17H,1H3,(H2,15,18). The number of halogens is 1. The molecule has 92 valence electrons. The zero-order valence-electron chi connectivity index (χ0n) is 9.77. The predicted octanol–water partition coefficient (Wildman–Crippen LogP) is 2.91. The van der Waals surface area contributed by atoms with Crippen molar-refractivity contribution in [3.63, 3.8) is 0 Å². The van der Waals surface area contributed by atoms with Crippen LogP contribution in [0, 0.1) is 12.7 Å². The van der Waals surface area contributed by atoms with Crippen molar-refractivity contribution in [3.8, 4) is 0 Å². The molecule has 0 atom stereocenters. The van der Waals surface area contributed by atoms with Gasteiger partial charge in [-0.2, -0.15) is 0 Å². The highest BCUT2D eigenvalue weighted by Gasteiger charge is 2.08. The molecule has 1 aromatic carbocycles. The molecular weight excluding hydrogens is 249 g/mol. The van der Waals surface area contributed by atoms with Crippen molar-refractivity contribution in [2.45, 2.75) is 6.92 Å². The number of nitrogens with one attached hydrogen (secondary N) is 1. The third-order valence-electron chi connectivity index (χ3n) is 2.58. The van der Waals surface area contributed by atoms with Gasteiger partial charge in [-0.1, -0.05) is 18.3 Å². The lowest BCUT2D eigenvalue weighted by atomic mass is 10.1. The Morgan fingerprint density at radius 2 is 2.00 bits per heavy atom. The first-order valence-corrected chi connectivity index (χ1v) is 5.77. The van der Waals surface area contributed by atoms with Crippen LogP contribution in [0.3, 0.4) is 0 Å². The number of aromatic nitrogens is 1. The smallest absolute Gasteiger partial charge is 0.128 e. The zero-order chi connectivity index (χ0) is 13.1. The summed E-state index contributed by atoms with van der Waals surface area (Å²) in [5, 5.41) is 3.09. The van der Waals surface area contributed by atoms with E-state index in [9.17, 15) is 4.39 Å². The summed E-state index contributed by atoms with van der Waals surface area (Å²) in [5.74, 6) is -0.263. The average molecular weight is 261 g/mol. The number of pyridine rings is 1. The molecule has 0 aliphatic carbocycles. The van der Waals surface area contributed by atoms with Crippen LogP contribution in [0.25, 0.3) is 0 Å². The minimum atomic E-state index is -0.263. The summed E-state index contributed by atoms with van der Waals surface area (Å²) in [6.45, 7) is 1.70. The maximum Gasteiger partial charge on any atom is 0.128 e. The van der Waals surface area contributed by atoms with Crippen molar-refractivity contribution in [2.75, 3.05) is 5.32 Å². The third-order valence-corrected chi connectivity index (χ3v) is 2.77. The maximum absolute atomic E-state index is 13.4. The van der Waals surface area contributed by atoms with E-state index in [1.54, 1.807) is 37.4 Å². The second kappa shape index (κ2) is 5.10. The second-order valence-corrected chi connectivity index (χ2v) is 4.24. The largest absolute Gasteiger partial charge is 0.388 e. The Morgan fingerprint density at radius 3 is 2.72 bits per heavy atom. The summed E-state index contributed by atoms with van der Waals surface area (Å²) in [7, 11) is 0. The fourth-order valence-electron chi connectivity index (χ4n) is 1.59. The van der Waals surface area contributed by atoms with E-state index in [0.717, 1.165) is 0 Å². The lowest BCUT2D eigenvalue weighted by Crippen LogP contribution is -2.14. The lowest BCUT2D eigenvalue weighted by Gasteiger charge is -2.12. The zero-order valence-corrected chi connectivity index (χ0v) is 10.6. The first-order valence-electron chi connectivity index (χ1n) is 5.36. The van der Waals surface area contributed by atoms with E-state index >= 15 is 0 Å². The third kappa shape index (κ3) is 2.46. The highest BCUT2D eigenvalue weighted by atomic mass is 32.1. The van der Waals surface area contributed by atoms with Crippen LogP contribution in [-0.2, 0) is 0 Å². The van der Waals surface area contributed by atoms with E-state index in [1.807, 2.05) is 0 Å². The summed E-state index contributed by atoms with van der Waals surface area (Å²) in [5.41, 5.74) is 7.96. The SMILES string of the molecule is Cc1c(F)cccc1Nc1cccnc1C(N)=S. The van der Waals surface area contributed by atoms with E-state index in [1.165, 1.54) is 6.07 Å². The molecule has 2 aromatic rings. The van der Waals surface area contributed by atoms with Gasteiger partial charge in [-0.05, 0) is 31.2 Å². The molecule has 3 N–H and O–H groups in total. The molecule has 3 nitrogen and oxygen atoms in total. The molecule has 0 aliphatic rings. The van der Waals surface area contributed by atoms with Crippen LogP contribution >= 0.6 is 12.2 Å². The molecule has 0 amide bonds. The van der Waals surface area contributed by atoms with Crippen molar-refractivity contribution >= 4 is 28.6 Å².